The number of hydrogen-bond acceptors (Lipinski definition) is 6. The minimum absolute atomic E-state index is 0.0607. The normalized spacial score (nSPS) is 21.7. The lowest BCUT2D eigenvalue weighted by atomic mass is 9.90. The molecule has 0 spiro atoms. The number of amides is 1. The Labute approximate surface area is 128 Å². The molecule has 0 bridgehead atoms. The molecule has 2 aromatic heterocycles. The van der Waals surface area contributed by atoms with E-state index in [2.05, 4.69) is 30.2 Å². The molecule has 0 unspecified atom stereocenters. The summed E-state index contributed by atoms with van der Waals surface area (Å²) in [6.45, 7) is 1.36. The summed E-state index contributed by atoms with van der Waals surface area (Å²) >= 11 is 0. The number of carbonyl (C=O) groups excluding carboxylic acids is 1. The van der Waals surface area contributed by atoms with E-state index in [0.29, 0.717) is 18.7 Å². The highest BCUT2D eigenvalue weighted by molar-refractivity contribution is 5.87. The summed E-state index contributed by atoms with van der Waals surface area (Å²) in [6.07, 6.45) is 11.6. The van der Waals surface area contributed by atoms with Gasteiger partial charge >= 0.3 is 0 Å². The van der Waals surface area contributed by atoms with Gasteiger partial charge in [-0.2, -0.15) is 0 Å². The van der Waals surface area contributed by atoms with Gasteiger partial charge in [0.25, 0.3) is 0 Å². The standard InChI is InChI=1S/C15H18N6O/c1-16-14(22)15(13-10-18-5-7-20-13)3-2-8-21(15)11-12-9-17-4-6-19-12/h4-7,9-10H,2-3,8,11H2,1H3,(H,16,22)/t15-/m1/s1. The molecule has 1 aliphatic rings. The number of likely N-dealkylation sites (tertiary alicyclic amines) is 1. The van der Waals surface area contributed by atoms with E-state index in [4.69, 9.17) is 0 Å². The smallest absolute Gasteiger partial charge is 0.246 e. The van der Waals surface area contributed by atoms with E-state index < -0.39 is 5.54 Å². The minimum Gasteiger partial charge on any atom is -0.357 e. The molecule has 1 fully saturated rings. The predicted octanol–water partition coefficient (Wildman–Crippen LogP) is 0.504. The molecule has 22 heavy (non-hydrogen) atoms. The van der Waals surface area contributed by atoms with Crippen molar-refractivity contribution in [1.82, 2.24) is 30.2 Å². The quantitative estimate of drug-likeness (QED) is 0.885. The molecule has 0 radical (unpaired) electrons. The Morgan fingerprint density at radius 1 is 1.23 bits per heavy atom. The highest BCUT2D eigenvalue weighted by Gasteiger charge is 2.49. The first-order valence-electron chi connectivity index (χ1n) is 7.26. The van der Waals surface area contributed by atoms with Crippen molar-refractivity contribution in [3.63, 3.8) is 0 Å². The van der Waals surface area contributed by atoms with E-state index in [1.54, 1.807) is 44.2 Å². The third kappa shape index (κ3) is 2.43. The van der Waals surface area contributed by atoms with Crippen LogP contribution in [0.4, 0.5) is 0 Å². The number of carbonyl (C=O) groups is 1. The molecule has 7 nitrogen and oxygen atoms in total. The number of nitrogens with one attached hydrogen (secondary N) is 1. The van der Waals surface area contributed by atoms with Crippen molar-refractivity contribution < 1.29 is 4.79 Å². The lowest BCUT2D eigenvalue weighted by molar-refractivity contribution is -0.132. The Balaban J connectivity index is 1.99. The molecule has 1 saturated heterocycles. The van der Waals surface area contributed by atoms with Gasteiger partial charge in [0.1, 0.15) is 5.54 Å². The van der Waals surface area contributed by atoms with Gasteiger partial charge in [-0.3, -0.25) is 29.6 Å². The summed E-state index contributed by atoms with van der Waals surface area (Å²) in [7, 11) is 1.65. The molecule has 1 amide bonds. The van der Waals surface area contributed by atoms with E-state index in [0.717, 1.165) is 18.7 Å². The third-order valence-electron chi connectivity index (χ3n) is 4.07. The Morgan fingerprint density at radius 3 is 2.64 bits per heavy atom. The van der Waals surface area contributed by atoms with Crippen molar-refractivity contribution in [3.8, 4) is 0 Å². The van der Waals surface area contributed by atoms with Crippen LogP contribution in [0.15, 0.2) is 37.2 Å². The Kier molecular flexibility index (Phi) is 4.06. The van der Waals surface area contributed by atoms with Crippen LogP contribution < -0.4 is 5.32 Å². The molecule has 3 heterocycles. The van der Waals surface area contributed by atoms with Gasteiger partial charge in [-0.05, 0) is 12.8 Å². The van der Waals surface area contributed by atoms with Gasteiger partial charge in [0, 0.05) is 51.1 Å². The van der Waals surface area contributed by atoms with Crippen LogP contribution in [-0.2, 0) is 16.9 Å². The number of rotatable bonds is 4. The fourth-order valence-corrected chi connectivity index (χ4v) is 3.08. The second-order valence-electron chi connectivity index (χ2n) is 5.25. The van der Waals surface area contributed by atoms with Crippen LogP contribution in [0, 0.1) is 0 Å². The molecule has 0 aliphatic carbocycles. The van der Waals surface area contributed by atoms with Crippen LogP contribution in [0.5, 0.6) is 0 Å². The van der Waals surface area contributed by atoms with E-state index in [1.165, 1.54) is 0 Å². The first-order valence-corrected chi connectivity index (χ1v) is 7.26. The molecule has 1 N–H and O–H groups in total. The molecule has 0 saturated carbocycles. The first kappa shape index (κ1) is 14.5. The van der Waals surface area contributed by atoms with Crippen LogP contribution in [0.2, 0.25) is 0 Å². The van der Waals surface area contributed by atoms with Crippen LogP contribution >= 0.6 is 0 Å². The van der Waals surface area contributed by atoms with Crippen molar-refractivity contribution in [2.75, 3.05) is 13.6 Å². The average molecular weight is 298 g/mol. The second-order valence-corrected chi connectivity index (χ2v) is 5.25. The maximum Gasteiger partial charge on any atom is 0.246 e. The molecule has 2 aromatic rings. The number of aromatic nitrogens is 4. The SMILES string of the molecule is CNC(=O)[C@]1(c2cnccn2)CCCN1Cc1cnccn1. The molecule has 3 rings (SSSR count). The molecule has 1 atom stereocenters. The molecular weight excluding hydrogens is 280 g/mol. The Hall–Kier alpha value is -2.41. The monoisotopic (exact) mass is 298 g/mol. The summed E-state index contributed by atoms with van der Waals surface area (Å²) in [5, 5.41) is 2.78. The van der Waals surface area contributed by atoms with Gasteiger partial charge in [-0.1, -0.05) is 0 Å². The maximum absolute atomic E-state index is 12.7. The van der Waals surface area contributed by atoms with Gasteiger partial charge in [0.15, 0.2) is 0 Å². The highest BCUT2D eigenvalue weighted by Crippen LogP contribution is 2.38. The molecule has 1 aliphatic heterocycles. The van der Waals surface area contributed by atoms with Gasteiger partial charge < -0.3 is 5.32 Å². The summed E-state index contributed by atoms with van der Waals surface area (Å²) < 4.78 is 0. The summed E-state index contributed by atoms with van der Waals surface area (Å²) in [4.78, 5) is 31.7. The third-order valence-corrected chi connectivity index (χ3v) is 4.07. The van der Waals surface area contributed by atoms with E-state index in [1.807, 2.05) is 0 Å². The minimum atomic E-state index is -0.791. The van der Waals surface area contributed by atoms with Crippen molar-refractivity contribution >= 4 is 5.91 Å². The zero-order valence-electron chi connectivity index (χ0n) is 12.4. The summed E-state index contributed by atoms with van der Waals surface area (Å²) in [5.74, 6) is -0.0607. The lowest BCUT2D eigenvalue weighted by Gasteiger charge is -2.35. The van der Waals surface area contributed by atoms with Crippen LogP contribution in [0.25, 0.3) is 0 Å². The Bertz CT molecular complexity index is 635. The summed E-state index contributed by atoms with van der Waals surface area (Å²) in [5.41, 5.74) is 0.720. The maximum atomic E-state index is 12.7. The van der Waals surface area contributed by atoms with Gasteiger partial charge in [0.2, 0.25) is 5.91 Å². The van der Waals surface area contributed by atoms with Gasteiger partial charge in [-0.25, -0.2) is 0 Å². The lowest BCUT2D eigenvalue weighted by Crippen LogP contribution is -2.52. The fraction of sp³-hybridized carbons (Fsp3) is 0.400. The highest BCUT2D eigenvalue weighted by atomic mass is 16.2. The molecule has 114 valence electrons. The van der Waals surface area contributed by atoms with Crippen molar-refractivity contribution in [2.45, 2.75) is 24.9 Å². The molecule has 7 heteroatoms. The van der Waals surface area contributed by atoms with E-state index >= 15 is 0 Å². The number of hydrogen-bond donors (Lipinski definition) is 1. The zero-order chi connectivity index (χ0) is 15.4. The van der Waals surface area contributed by atoms with Crippen LogP contribution in [0.1, 0.15) is 24.2 Å². The summed E-state index contributed by atoms with van der Waals surface area (Å²) in [6, 6.07) is 0. The fourth-order valence-electron chi connectivity index (χ4n) is 3.08. The van der Waals surface area contributed by atoms with Crippen molar-refractivity contribution in [2.24, 2.45) is 0 Å². The zero-order valence-corrected chi connectivity index (χ0v) is 12.4. The largest absolute Gasteiger partial charge is 0.357 e. The molecule has 0 aromatic carbocycles. The van der Waals surface area contributed by atoms with Crippen LogP contribution in [-0.4, -0.2) is 44.3 Å². The number of nitrogens with zero attached hydrogens (tertiary/aromatic N) is 5. The van der Waals surface area contributed by atoms with E-state index in [-0.39, 0.29) is 5.91 Å². The molecular formula is C15H18N6O. The second kappa shape index (κ2) is 6.15. The van der Waals surface area contributed by atoms with E-state index in [9.17, 15) is 4.79 Å². The first-order chi connectivity index (χ1) is 10.8. The van der Waals surface area contributed by atoms with Gasteiger partial charge in [0.05, 0.1) is 17.6 Å². The Morgan fingerprint density at radius 2 is 2.00 bits per heavy atom. The topological polar surface area (TPSA) is 83.9 Å². The average Bonchev–Trinajstić information content (AvgIpc) is 3.00. The van der Waals surface area contributed by atoms with Gasteiger partial charge in [-0.15, -0.1) is 0 Å². The number of likely N-dealkylation sites (N-methyl/N-ethyl adjacent to an activating group) is 1. The van der Waals surface area contributed by atoms with Crippen molar-refractivity contribution in [1.29, 1.82) is 0 Å². The predicted molar refractivity (Wildman–Crippen MR) is 79.5 cm³/mol. The van der Waals surface area contributed by atoms with Crippen LogP contribution in [0.3, 0.4) is 0 Å². The van der Waals surface area contributed by atoms with Crippen molar-refractivity contribution in [3.05, 3.63) is 48.6 Å².